The Labute approximate surface area is 125 Å². The lowest BCUT2D eigenvalue weighted by Crippen LogP contribution is -2.07. The van der Waals surface area contributed by atoms with E-state index in [1.807, 2.05) is 19.2 Å². The molecular formula is C17H20ClNO. The van der Waals surface area contributed by atoms with E-state index in [1.165, 1.54) is 16.7 Å². The molecule has 3 heteroatoms. The number of methoxy groups -OCH3 is 1. The highest BCUT2D eigenvalue weighted by Crippen LogP contribution is 2.37. The van der Waals surface area contributed by atoms with Gasteiger partial charge in [0.25, 0.3) is 0 Å². The van der Waals surface area contributed by atoms with Crippen molar-refractivity contribution in [1.29, 1.82) is 0 Å². The Morgan fingerprint density at radius 1 is 1.10 bits per heavy atom. The van der Waals surface area contributed by atoms with Gasteiger partial charge >= 0.3 is 0 Å². The first kappa shape index (κ1) is 14.9. The van der Waals surface area contributed by atoms with Crippen LogP contribution in [-0.4, -0.2) is 14.2 Å². The van der Waals surface area contributed by atoms with Crippen LogP contribution in [0.15, 0.2) is 30.3 Å². The van der Waals surface area contributed by atoms with Crippen LogP contribution in [0.2, 0.25) is 5.02 Å². The van der Waals surface area contributed by atoms with Crippen LogP contribution in [0.4, 0.5) is 0 Å². The molecule has 0 spiro atoms. The standard InChI is InChI=1S/C17H20ClNO/c1-11-5-7-16(17(20-4)12(11)2)15-8-6-14(18)9-13(15)10-19-3/h5-9,19H,10H2,1-4H3. The smallest absolute Gasteiger partial charge is 0.129 e. The molecule has 0 saturated heterocycles. The third kappa shape index (κ3) is 2.82. The number of hydrogen-bond acceptors (Lipinski definition) is 2. The lowest BCUT2D eigenvalue weighted by molar-refractivity contribution is 0.413. The van der Waals surface area contributed by atoms with Crippen molar-refractivity contribution in [3.63, 3.8) is 0 Å². The van der Waals surface area contributed by atoms with E-state index in [4.69, 9.17) is 16.3 Å². The molecule has 0 heterocycles. The maximum absolute atomic E-state index is 6.11. The zero-order chi connectivity index (χ0) is 14.7. The topological polar surface area (TPSA) is 21.3 Å². The van der Waals surface area contributed by atoms with Gasteiger partial charge in [0, 0.05) is 17.1 Å². The number of rotatable bonds is 4. The van der Waals surface area contributed by atoms with Crippen LogP contribution < -0.4 is 10.1 Å². The van der Waals surface area contributed by atoms with E-state index in [-0.39, 0.29) is 0 Å². The molecule has 0 aliphatic rings. The first-order valence-electron chi connectivity index (χ1n) is 6.66. The van der Waals surface area contributed by atoms with Gasteiger partial charge in [-0.1, -0.05) is 29.8 Å². The number of nitrogens with one attached hydrogen (secondary N) is 1. The van der Waals surface area contributed by atoms with E-state index in [0.29, 0.717) is 0 Å². The molecule has 0 saturated carbocycles. The number of halogens is 1. The highest BCUT2D eigenvalue weighted by Gasteiger charge is 2.13. The average Bonchev–Trinajstić information content (AvgIpc) is 2.43. The van der Waals surface area contributed by atoms with Gasteiger partial charge in [0.05, 0.1) is 7.11 Å². The first-order valence-corrected chi connectivity index (χ1v) is 7.04. The summed E-state index contributed by atoms with van der Waals surface area (Å²) in [5.74, 6) is 0.935. The second-order valence-electron chi connectivity index (χ2n) is 4.92. The van der Waals surface area contributed by atoms with Crippen molar-refractivity contribution >= 4 is 11.6 Å². The molecule has 2 aromatic rings. The van der Waals surface area contributed by atoms with Crippen molar-refractivity contribution in [2.24, 2.45) is 0 Å². The summed E-state index contributed by atoms with van der Waals surface area (Å²) in [5.41, 5.74) is 5.84. The quantitative estimate of drug-likeness (QED) is 0.903. The summed E-state index contributed by atoms with van der Waals surface area (Å²) < 4.78 is 5.62. The normalized spacial score (nSPS) is 10.7. The predicted octanol–water partition coefficient (Wildman–Crippen LogP) is 4.35. The first-order chi connectivity index (χ1) is 9.58. The maximum Gasteiger partial charge on any atom is 0.129 e. The Balaban J connectivity index is 2.65. The van der Waals surface area contributed by atoms with E-state index < -0.39 is 0 Å². The Hall–Kier alpha value is -1.51. The molecule has 0 aliphatic heterocycles. The molecule has 2 aromatic carbocycles. The van der Waals surface area contributed by atoms with Crippen LogP contribution in [-0.2, 0) is 6.54 Å². The number of benzene rings is 2. The van der Waals surface area contributed by atoms with Crippen LogP contribution in [0.1, 0.15) is 16.7 Å². The van der Waals surface area contributed by atoms with Gasteiger partial charge in [-0.25, -0.2) is 0 Å². The molecule has 0 amide bonds. The van der Waals surface area contributed by atoms with Crippen molar-refractivity contribution in [2.45, 2.75) is 20.4 Å². The lowest BCUT2D eigenvalue weighted by Gasteiger charge is -2.16. The summed E-state index contributed by atoms with van der Waals surface area (Å²) in [6, 6.07) is 10.2. The van der Waals surface area contributed by atoms with Gasteiger partial charge < -0.3 is 10.1 Å². The van der Waals surface area contributed by atoms with Gasteiger partial charge in [0.2, 0.25) is 0 Å². The van der Waals surface area contributed by atoms with Gasteiger partial charge in [-0.15, -0.1) is 0 Å². The minimum atomic E-state index is 0.752. The molecule has 0 fully saturated rings. The van der Waals surface area contributed by atoms with E-state index in [9.17, 15) is 0 Å². The fraction of sp³-hybridized carbons (Fsp3) is 0.294. The zero-order valence-corrected chi connectivity index (χ0v) is 13.1. The van der Waals surface area contributed by atoms with Gasteiger partial charge in [-0.3, -0.25) is 0 Å². The Morgan fingerprint density at radius 2 is 1.80 bits per heavy atom. The van der Waals surface area contributed by atoms with Crippen LogP contribution in [0, 0.1) is 13.8 Å². The fourth-order valence-corrected chi connectivity index (χ4v) is 2.62. The lowest BCUT2D eigenvalue weighted by atomic mass is 9.95. The molecule has 106 valence electrons. The summed E-state index contributed by atoms with van der Waals surface area (Å²) in [5, 5.41) is 3.94. The summed E-state index contributed by atoms with van der Waals surface area (Å²) in [7, 11) is 3.65. The van der Waals surface area contributed by atoms with E-state index in [1.54, 1.807) is 7.11 Å². The number of ether oxygens (including phenoxy) is 1. The SMILES string of the molecule is CNCc1cc(Cl)ccc1-c1ccc(C)c(C)c1OC. The van der Waals surface area contributed by atoms with E-state index in [0.717, 1.165) is 28.4 Å². The molecular weight excluding hydrogens is 270 g/mol. The second-order valence-corrected chi connectivity index (χ2v) is 5.36. The third-order valence-corrected chi connectivity index (χ3v) is 3.84. The molecule has 0 aromatic heterocycles. The van der Waals surface area contributed by atoms with E-state index in [2.05, 4.69) is 37.4 Å². The van der Waals surface area contributed by atoms with Crippen LogP contribution in [0.5, 0.6) is 5.75 Å². The molecule has 0 unspecified atom stereocenters. The summed E-state index contributed by atoms with van der Waals surface area (Å²) in [6.45, 7) is 4.95. The van der Waals surface area contributed by atoms with Crippen molar-refractivity contribution in [1.82, 2.24) is 5.32 Å². The highest BCUT2D eigenvalue weighted by atomic mass is 35.5. The Kier molecular flexibility index (Phi) is 4.69. The highest BCUT2D eigenvalue weighted by molar-refractivity contribution is 6.30. The van der Waals surface area contributed by atoms with E-state index >= 15 is 0 Å². The Morgan fingerprint density at radius 3 is 2.45 bits per heavy atom. The average molecular weight is 290 g/mol. The van der Waals surface area contributed by atoms with Gasteiger partial charge in [0.1, 0.15) is 5.75 Å². The molecule has 20 heavy (non-hydrogen) atoms. The molecule has 0 aliphatic carbocycles. The third-order valence-electron chi connectivity index (χ3n) is 3.61. The van der Waals surface area contributed by atoms with Gasteiger partial charge in [-0.2, -0.15) is 0 Å². The molecule has 2 nitrogen and oxygen atoms in total. The minimum absolute atomic E-state index is 0.752. The van der Waals surface area contributed by atoms with Crippen molar-refractivity contribution < 1.29 is 4.74 Å². The zero-order valence-electron chi connectivity index (χ0n) is 12.4. The monoisotopic (exact) mass is 289 g/mol. The molecule has 0 bridgehead atoms. The second kappa shape index (κ2) is 6.29. The van der Waals surface area contributed by atoms with Gasteiger partial charge in [-0.05, 0) is 55.3 Å². The van der Waals surface area contributed by atoms with Crippen LogP contribution in [0.25, 0.3) is 11.1 Å². The molecule has 0 radical (unpaired) electrons. The van der Waals surface area contributed by atoms with Crippen molar-refractivity contribution in [2.75, 3.05) is 14.2 Å². The molecule has 2 rings (SSSR count). The summed E-state index contributed by atoms with van der Waals surface area (Å²) in [6.07, 6.45) is 0. The van der Waals surface area contributed by atoms with Crippen molar-refractivity contribution in [3.05, 3.63) is 52.0 Å². The molecule has 1 N–H and O–H groups in total. The van der Waals surface area contributed by atoms with Gasteiger partial charge in [0.15, 0.2) is 0 Å². The molecule has 0 atom stereocenters. The Bertz CT molecular complexity index is 623. The van der Waals surface area contributed by atoms with Crippen LogP contribution >= 0.6 is 11.6 Å². The fourth-order valence-electron chi connectivity index (χ4n) is 2.43. The number of aryl methyl sites for hydroxylation is 1. The predicted molar refractivity (Wildman–Crippen MR) is 85.7 cm³/mol. The van der Waals surface area contributed by atoms with Crippen molar-refractivity contribution in [3.8, 4) is 16.9 Å². The number of hydrogen-bond donors (Lipinski definition) is 1. The minimum Gasteiger partial charge on any atom is -0.496 e. The summed E-state index contributed by atoms with van der Waals surface area (Å²) >= 11 is 6.11. The summed E-state index contributed by atoms with van der Waals surface area (Å²) in [4.78, 5) is 0. The van der Waals surface area contributed by atoms with Crippen LogP contribution in [0.3, 0.4) is 0 Å². The maximum atomic E-state index is 6.11. The largest absolute Gasteiger partial charge is 0.496 e.